The number of benzene rings is 5. The zero-order chi connectivity index (χ0) is 40.2. The first-order valence-corrected chi connectivity index (χ1v) is 21.6. The van der Waals surface area contributed by atoms with Crippen LogP contribution in [0.15, 0.2) is 158 Å². The molecule has 292 valence electrons. The molecule has 2 aromatic heterocycles. The number of nitrogens with zero attached hydrogens (tertiary/aromatic N) is 5. The number of nitrogen functional groups attached to an aromatic ring is 1. The normalized spacial score (nSPS) is 16.5. The zero-order valence-electron chi connectivity index (χ0n) is 33.1. The highest BCUT2D eigenvalue weighted by molar-refractivity contribution is 6.99. The molecular formula is C48H48N6O3Si. The van der Waals surface area contributed by atoms with E-state index in [-0.39, 0.29) is 17.5 Å². The van der Waals surface area contributed by atoms with Crippen molar-refractivity contribution in [2.24, 2.45) is 0 Å². The third kappa shape index (κ3) is 7.02. The molecule has 1 saturated heterocycles. The van der Waals surface area contributed by atoms with Crippen molar-refractivity contribution in [3.63, 3.8) is 0 Å². The quantitative estimate of drug-likeness (QED) is 0.0917. The number of aliphatic hydroxyl groups is 1. The summed E-state index contributed by atoms with van der Waals surface area (Å²) in [5, 5.41) is 12.0. The third-order valence-corrected chi connectivity index (χ3v) is 16.2. The Morgan fingerprint density at radius 1 is 0.741 bits per heavy atom. The van der Waals surface area contributed by atoms with Crippen LogP contribution in [0.4, 0.5) is 5.82 Å². The summed E-state index contributed by atoms with van der Waals surface area (Å²) >= 11 is 0. The van der Waals surface area contributed by atoms with Gasteiger partial charge in [0.15, 0.2) is 29.0 Å². The molecule has 0 amide bonds. The Balaban J connectivity index is 1.34. The van der Waals surface area contributed by atoms with Crippen LogP contribution in [0.25, 0.3) is 11.2 Å². The smallest absolute Gasteiger partial charge is 0.261 e. The van der Waals surface area contributed by atoms with Gasteiger partial charge in [-0.3, -0.25) is 9.47 Å². The van der Waals surface area contributed by atoms with Crippen molar-refractivity contribution >= 4 is 35.7 Å². The Hall–Kier alpha value is -5.93. The molecule has 7 aromatic rings. The summed E-state index contributed by atoms with van der Waals surface area (Å²) < 4.78 is 16.8. The monoisotopic (exact) mass is 784 g/mol. The summed E-state index contributed by atoms with van der Waals surface area (Å²) in [6.45, 7) is 7.76. The van der Waals surface area contributed by atoms with Gasteiger partial charge in [0.25, 0.3) is 8.32 Å². The highest BCUT2D eigenvalue weighted by Crippen LogP contribution is 2.45. The molecule has 0 aliphatic carbocycles. The van der Waals surface area contributed by atoms with E-state index in [1.807, 2.05) is 4.57 Å². The molecule has 58 heavy (non-hydrogen) atoms. The van der Waals surface area contributed by atoms with E-state index < -0.39 is 26.2 Å². The van der Waals surface area contributed by atoms with E-state index in [0.717, 1.165) is 16.7 Å². The lowest BCUT2D eigenvalue weighted by molar-refractivity contribution is -0.146. The zero-order valence-corrected chi connectivity index (χ0v) is 34.1. The van der Waals surface area contributed by atoms with Crippen LogP contribution < -0.4 is 16.1 Å². The second-order valence-electron chi connectivity index (χ2n) is 15.6. The molecule has 10 heteroatoms. The average molecular weight is 785 g/mol. The van der Waals surface area contributed by atoms with Crippen LogP contribution >= 0.6 is 0 Å². The van der Waals surface area contributed by atoms with Gasteiger partial charge in [-0.2, -0.15) is 0 Å². The van der Waals surface area contributed by atoms with Gasteiger partial charge in [0, 0.05) is 13.1 Å². The molecule has 1 aliphatic heterocycles. The van der Waals surface area contributed by atoms with Gasteiger partial charge in [0.2, 0.25) is 0 Å². The van der Waals surface area contributed by atoms with Gasteiger partial charge >= 0.3 is 0 Å². The second kappa shape index (κ2) is 16.5. The fourth-order valence-electron chi connectivity index (χ4n) is 8.80. The van der Waals surface area contributed by atoms with E-state index in [4.69, 9.17) is 19.9 Å². The van der Waals surface area contributed by atoms with Crippen LogP contribution in [0.3, 0.4) is 0 Å². The summed E-state index contributed by atoms with van der Waals surface area (Å²) in [5.74, 6) is 6.48. The number of hydrogen-bond donors (Lipinski definition) is 2. The second-order valence-corrected chi connectivity index (χ2v) is 19.9. The molecule has 3 heterocycles. The Labute approximate surface area is 341 Å². The summed E-state index contributed by atoms with van der Waals surface area (Å²) in [5.41, 5.74) is 9.90. The maximum Gasteiger partial charge on any atom is 0.261 e. The fraction of sp³-hybridized carbons (Fsp3) is 0.229. The first-order valence-electron chi connectivity index (χ1n) is 19.7. The standard InChI is InChI=1S/C48H48N6O3Si/c1-47(2,3)58(40-26-15-7-16-27-40,41-28-17-8-18-29-41)56-34-39-32-53(33-43(57-39)54-42(30-19-31-55)52-44-45(49)50-35-51-46(44)54)48(36-20-9-4-10-21-36,37-22-11-5-12-23-37)38-24-13-6-14-25-38/h4-18,20-29,35,39,43,55H,31-34H2,1-3H3,(H2,49,50,51)/t39-,43+/m0/s1. The van der Waals surface area contributed by atoms with Crippen LogP contribution in [0.2, 0.25) is 5.04 Å². The van der Waals surface area contributed by atoms with Gasteiger partial charge in [0.05, 0.1) is 18.2 Å². The molecule has 9 nitrogen and oxygen atoms in total. The molecule has 2 atom stereocenters. The van der Waals surface area contributed by atoms with Crippen LogP contribution in [-0.2, 0) is 14.7 Å². The van der Waals surface area contributed by atoms with Gasteiger partial charge < -0.3 is 20.0 Å². The number of aromatic nitrogens is 4. The van der Waals surface area contributed by atoms with Crippen LogP contribution in [0.5, 0.6) is 0 Å². The van der Waals surface area contributed by atoms with Crippen LogP contribution in [0.1, 0.15) is 49.5 Å². The number of morpholine rings is 1. The molecule has 0 bridgehead atoms. The lowest BCUT2D eigenvalue weighted by Crippen LogP contribution is -2.67. The van der Waals surface area contributed by atoms with Gasteiger partial charge in [-0.05, 0) is 38.0 Å². The summed E-state index contributed by atoms with van der Waals surface area (Å²) in [4.78, 5) is 16.3. The SMILES string of the molecule is CC(C)(C)[Si](OC[C@@H]1CN(C(c2ccccc2)(c2ccccc2)c2ccccc2)C[C@H](n2c(C#CCO)nc3c(N)ncnc32)O1)(c1ccccc1)c1ccccc1. The molecule has 0 unspecified atom stereocenters. The van der Waals surface area contributed by atoms with E-state index in [2.05, 4.69) is 199 Å². The number of nitrogens with two attached hydrogens (primary N) is 1. The lowest BCUT2D eigenvalue weighted by Gasteiger charge is -2.51. The molecule has 8 rings (SSSR count). The average Bonchev–Trinajstić information content (AvgIpc) is 3.64. The minimum Gasteiger partial charge on any atom is -0.405 e. The van der Waals surface area contributed by atoms with E-state index in [9.17, 15) is 5.11 Å². The molecule has 0 saturated carbocycles. The summed E-state index contributed by atoms with van der Waals surface area (Å²) in [7, 11) is -2.97. The molecule has 5 aromatic carbocycles. The van der Waals surface area contributed by atoms with Crippen LogP contribution in [-0.4, -0.2) is 70.3 Å². The first-order chi connectivity index (χ1) is 28.3. The molecular weight excluding hydrogens is 737 g/mol. The van der Waals surface area contributed by atoms with Crippen molar-refractivity contribution in [3.8, 4) is 11.8 Å². The lowest BCUT2D eigenvalue weighted by atomic mass is 9.75. The number of hydrogen-bond acceptors (Lipinski definition) is 8. The van der Waals surface area contributed by atoms with Gasteiger partial charge in [-0.25, -0.2) is 15.0 Å². The van der Waals surface area contributed by atoms with E-state index in [1.54, 1.807) is 0 Å². The minimum absolute atomic E-state index is 0.238. The first kappa shape index (κ1) is 38.9. The van der Waals surface area contributed by atoms with Crippen molar-refractivity contribution in [1.29, 1.82) is 0 Å². The molecule has 0 spiro atoms. The van der Waals surface area contributed by atoms with Crippen molar-refractivity contribution < 1.29 is 14.3 Å². The Morgan fingerprint density at radius 3 is 1.72 bits per heavy atom. The predicted molar refractivity (Wildman–Crippen MR) is 232 cm³/mol. The van der Waals surface area contributed by atoms with Crippen molar-refractivity contribution in [3.05, 3.63) is 181 Å². The van der Waals surface area contributed by atoms with Gasteiger partial charge in [-0.1, -0.05) is 178 Å². The maximum absolute atomic E-state index is 9.81. The summed E-state index contributed by atoms with van der Waals surface area (Å²) in [6.07, 6.45) is 0.344. The molecule has 0 radical (unpaired) electrons. The van der Waals surface area contributed by atoms with Crippen molar-refractivity contribution in [2.45, 2.75) is 43.7 Å². The number of aliphatic hydroxyl groups excluding tert-OH is 1. The van der Waals surface area contributed by atoms with Gasteiger partial charge in [-0.15, -0.1) is 0 Å². The maximum atomic E-state index is 9.81. The number of fused-ring (bicyclic) bond motifs is 1. The van der Waals surface area contributed by atoms with E-state index in [1.165, 1.54) is 16.7 Å². The Bertz CT molecular complexity index is 2370. The predicted octanol–water partition coefficient (Wildman–Crippen LogP) is 6.52. The largest absolute Gasteiger partial charge is 0.405 e. The number of imidazole rings is 1. The number of rotatable bonds is 10. The highest BCUT2D eigenvalue weighted by atomic mass is 28.4. The number of anilines is 1. The van der Waals surface area contributed by atoms with Crippen molar-refractivity contribution in [2.75, 3.05) is 32.0 Å². The van der Waals surface area contributed by atoms with E-state index >= 15 is 0 Å². The third-order valence-electron chi connectivity index (χ3n) is 11.2. The molecule has 3 N–H and O–H groups in total. The summed E-state index contributed by atoms with van der Waals surface area (Å²) in [6, 6.07) is 53.4. The van der Waals surface area contributed by atoms with Crippen LogP contribution in [0, 0.1) is 11.8 Å². The Morgan fingerprint density at radius 2 is 1.24 bits per heavy atom. The Kier molecular flexibility index (Phi) is 11.1. The molecule has 1 fully saturated rings. The van der Waals surface area contributed by atoms with Gasteiger partial charge in [0.1, 0.15) is 12.9 Å². The van der Waals surface area contributed by atoms with Crippen molar-refractivity contribution in [1.82, 2.24) is 24.4 Å². The van der Waals surface area contributed by atoms with E-state index in [0.29, 0.717) is 36.7 Å². The minimum atomic E-state index is -2.97. The molecule has 1 aliphatic rings. The highest BCUT2D eigenvalue weighted by Gasteiger charge is 2.52. The topological polar surface area (TPSA) is 112 Å². The number of ether oxygens (including phenoxy) is 1. The fourth-order valence-corrected chi connectivity index (χ4v) is 13.4.